The largest absolute Gasteiger partial charge is 0.416 e. The molecule has 8 nitrogen and oxygen atoms in total. The van der Waals surface area contributed by atoms with E-state index in [0.717, 1.165) is 37.4 Å². The van der Waals surface area contributed by atoms with Gasteiger partial charge in [0.05, 0.1) is 29.1 Å². The summed E-state index contributed by atoms with van der Waals surface area (Å²) in [5.74, 6) is -0.0557. The number of rotatable bonds is 4. The van der Waals surface area contributed by atoms with Gasteiger partial charge in [-0.05, 0) is 43.7 Å². The molecule has 0 N–H and O–H groups in total. The van der Waals surface area contributed by atoms with Crippen LogP contribution in [0.4, 0.5) is 18.0 Å². The predicted octanol–water partition coefficient (Wildman–Crippen LogP) is 4.83. The molecule has 2 aromatic rings. The van der Waals surface area contributed by atoms with Crippen LogP contribution in [0, 0.1) is 0 Å². The summed E-state index contributed by atoms with van der Waals surface area (Å²) in [6.45, 7) is 2.80. The summed E-state index contributed by atoms with van der Waals surface area (Å²) < 4.78 is 42.8. The van der Waals surface area contributed by atoms with E-state index in [9.17, 15) is 27.6 Å². The van der Waals surface area contributed by atoms with Crippen LogP contribution < -0.4 is 0 Å². The first kappa shape index (κ1) is 26.8. The summed E-state index contributed by atoms with van der Waals surface area (Å²) in [5, 5.41) is 4.65. The molecule has 4 heterocycles. The first-order valence-corrected chi connectivity index (χ1v) is 14.3. The number of piperidine rings is 2. The third-order valence-corrected chi connectivity index (χ3v) is 8.88. The Hall–Kier alpha value is -3.37. The van der Waals surface area contributed by atoms with Crippen LogP contribution in [-0.4, -0.2) is 81.5 Å². The Balaban J connectivity index is 1.13. The van der Waals surface area contributed by atoms with Crippen molar-refractivity contribution in [3.63, 3.8) is 0 Å². The summed E-state index contributed by atoms with van der Waals surface area (Å²) in [5.41, 5.74) is 1.12. The number of Topliss-reactive ketones (excluding diaryl/α,β-unsaturated/α-hetero) is 1. The number of nitrogens with zero attached hydrogens (tertiary/aromatic N) is 5. The first-order valence-electron chi connectivity index (χ1n) is 14.3. The fraction of sp³-hybridized carbons (Fsp3) is 0.586. The maximum absolute atomic E-state index is 13.7. The van der Waals surface area contributed by atoms with Gasteiger partial charge in [0.15, 0.2) is 0 Å². The van der Waals surface area contributed by atoms with Crippen molar-refractivity contribution in [2.45, 2.75) is 69.0 Å². The molecule has 6 rings (SSSR count). The monoisotopic (exact) mass is 557 g/mol. The van der Waals surface area contributed by atoms with Gasteiger partial charge in [0, 0.05) is 63.9 Å². The van der Waals surface area contributed by atoms with E-state index in [1.54, 1.807) is 22.1 Å². The molecule has 1 aromatic carbocycles. The van der Waals surface area contributed by atoms with Crippen LogP contribution >= 0.6 is 0 Å². The maximum atomic E-state index is 13.7. The zero-order chi connectivity index (χ0) is 28.0. The molecular weight excluding hydrogens is 523 g/mol. The maximum Gasteiger partial charge on any atom is 0.416 e. The molecule has 1 aromatic heterocycles. The van der Waals surface area contributed by atoms with Gasteiger partial charge >= 0.3 is 12.2 Å². The van der Waals surface area contributed by atoms with E-state index in [-0.39, 0.29) is 47.7 Å². The highest BCUT2D eigenvalue weighted by molar-refractivity contribution is 5.95. The van der Waals surface area contributed by atoms with Crippen molar-refractivity contribution in [3.8, 4) is 0 Å². The number of carbonyl (C=O) groups excluding carboxylic acids is 3. The van der Waals surface area contributed by atoms with Crippen LogP contribution in [0.3, 0.4) is 0 Å². The van der Waals surface area contributed by atoms with E-state index < -0.39 is 11.7 Å². The predicted molar refractivity (Wildman–Crippen MR) is 140 cm³/mol. The van der Waals surface area contributed by atoms with Crippen LogP contribution in [0.15, 0.2) is 30.5 Å². The first-order chi connectivity index (χ1) is 19.2. The number of hydrogen-bond donors (Lipinski definition) is 0. The molecule has 1 saturated carbocycles. The molecule has 3 aliphatic heterocycles. The highest BCUT2D eigenvalue weighted by atomic mass is 19.4. The molecule has 0 radical (unpaired) electrons. The lowest BCUT2D eigenvalue weighted by atomic mass is 9.93. The molecule has 0 unspecified atom stereocenters. The Morgan fingerprint density at radius 3 is 2.15 bits per heavy atom. The van der Waals surface area contributed by atoms with E-state index >= 15 is 0 Å². The van der Waals surface area contributed by atoms with Gasteiger partial charge in [-0.25, -0.2) is 4.79 Å². The molecule has 1 aliphatic carbocycles. The number of halogens is 3. The molecule has 11 heteroatoms. The van der Waals surface area contributed by atoms with Gasteiger partial charge in [-0.15, -0.1) is 0 Å². The normalized spacial score (nSPS) is 22.7. The molecule has 214 valence electrons. The topological polar surface area (TPSA) is 78.8 Å². The van der Waals surface area contributed by atoms with Crippen LogP contribution in [0.2, 0.25) is 0 Å². The van der Waals surface area contributed by atoms with Gasteiger partial charge in [0.2, 0.25) is 0 Å². The van der Waals surface area contributed by atoms with Gasteiger partial charge in [-0.1, -0.05) is 18.2 Å². The fourth-order valence-electron chi connectivity index (χ4n) is 6.52. The Kier molecular flexibility index (Phi) is 7.08. The third-order valence-electron chi connectivity index (χ3n) is 8.88. The number of carbonyl (C=O) groups is 3. The molecule has 3 saturated heterocycles. The third kappa shape index (κ3) is 5.22. The van der Waals surface area contributed by atoms with Gasteiger partial charge in [-0.2, -0.15) is 18.3 Å². The molecule has 0 bridgehead atoms. The van der Waals surface area contributed by atoms with Gasteiger partial charge in [-0.3, -0.25) is 14.3 Å². The number of benzene rings is 1. The number of amides is 3. The lowest BCUT2D eigenvalue weighted by molar-refractivity contribution is -0.138. The smallest absolute Gasteiger partial charge is 0.338 e. The molecule has 1 atom stereocenters. The zero-order valence-electron chi connectivity index (χ0n) is 22.4. The second-order valence-corrected chi connectivity index (χ2v) is 11.5. The van der Waals surface area contributed by atoms with Crippen molar-refractivity contribution < 1.29 is 27.6 Å². The molecule has 4 aliphatic rings. The van der Waals surface area contributed by atoms with Crippen molar-refractivity contribution >= 4 is 17.7 Å². The Bertz CT molecular complexity index is 1290. The summed E-state index contributed by atoms with van der Waals surface area (Å²) >= 11 is 0. The van der Waals surface area contributed by atoms with Crippen LogP contribution in [0.5, 0.6) is 0 Å². The van der Waals surface area contributed by atoms with Crippen molar-refractivity contribution in [1.29, 1.82) is 0 Å². The highest BCUT2D eigenvalue weighted by Gasteiger charge is 2.40. The Labute approximate surface area is 231 Å². The van der Waals surface area contributed by atoms with E-state index in [4.69, 9.17) is 0 Å². The summed E-state index contributed by atoms with van der Waals surface area (Å²) in [7, 11) is 0. The molecule has 0 spiro atoms. The Morgan fingerprint density at radius 2 is 1.48 bits per heavy atom. The minimum atomic E-state index is -4.43. The second-order valence-electron chi connectivity index (χ2n) is 11.5. The van der Waals surface area contributed by atoms with E-state index in [2.05, 4.69) is 5.10 Å². The van der Waals surface area contributed by atoms with Crippen molar-refractivity contribution in [2.24, 2.45) is 0 Å². The Morgan fingerprint density at radius 1 is 0.825 bits per heavy atom. The minimum Gasteiger partial charge on any atom is -0.338 e. The molecular formula is C29H34F3N5O3. The van der Waals surface area contributed by atoms with E-state index in [1.807, 2.05) is 9.58 Å². The second kappa shape index (κ2) is 10.6. The van der Waals surface area contributed by atoms with Crippen molar-refractivity contribution in [3.05, 3.63) is 52.8 Å². The number of ketones is 1. The molecule has 40 heavy (non-hydrogen) atoms. The highest BCUT2D eigenvalue weighted by Crippen LogP contribution is 2.44. The standard InChI is InChI=1S/C29H34F3N5O3/c30-29(31,32)25-4-2-1-3-23(25)20-7-12-36(18-20)27(39)24-17-33-37(26(24)19-5-6-19)21-8-13-34(14-9-21)28(40)35-15-10-22(38)11-16-35/h1-4,17,19-21H,5-16,18H2/t20-/m1/s1. The van der Waals surface area contributed by atoms with E-state index in [0.29, 0.717) is 57.5 Å². The average Bonchev–Trinajstić information content (AvgIpc) is 3.50. The lowest BCUT2D eigenvalue weighted by Crippen LogP contribution is -2.49. The van der Waals surface area contributed by atoms with E-state index in [1.165, 1.54) is 12.1 Å². The number of hydrogen-bond acceptors (Lipinski definition) is 4. The van der Waals surface area contributed by atoms with Gasteiger partial charge in [0.1, 0.15) is 5.78 Å². The summed E-state index contributed by atoms with van der Waals surface area (Å²) in [6.07, 6.45) is 1.96. The number of likely N-dealkylation sites (tertiary alicyclic amines) is 3. The van der Waals surface area contributed by atoms with Crippen LogP contribution in [0.1, 0.15) is 90.0 Å². The number of alkyl halides is 3. The summed E-state index contributed by atoms with van der Waals surface area (Å²) in [6, 6.07) is 5.72. The molecule has 4 fully saturated rings. The van der Waals surface area contributed by atoms with Crippen molar-refractivity contribution in [2.75, 3.05) is 39.3 Å². The lowest BCUT2D eigenvalue weighted by Gasteiger charge is -2.37. The van der Waals surface area contributed by atoms with Gasteiger partial charge in [0.25, 0.3) is 5.91 Å². The van der Waals surface area contributed by atoms with Crippen LogP contribution in [-0.2, 0) is 11.0 Å². The zero-order valence-corrected chi connectivity index (χ0v) is 22.4. The summed E-state index contributed by atoms with van der Waals surface area (Å²) in [4.78, 5) is 43.4. The molecule has 3 amide bonds. The number of urea groups is 1. The van der Waals surface area contributed by atoms with Gasteiger partial charge < -0.3 is 14.7 Å². The average molecular weight is 558 g/mol. The van der Waals surface area contributed by atoms with Crippen molar-refractivity contribution in [1.82, 2.24) is 24.5 Å². The quantitative estimate of drug-likeness (QED) is 0.540. The fourth-order valence-corrected chi connectivity index (χ4v) is 6.52. The number of aromatic nitrogens is 2. The van der Waals surface area contributed by atoms with Crippen LogP contribution in [0.25, 0.3) is 0 Å². The SMILES string of the molecule is O=C1CCN(C(=O)N2CCC(n3ncc(C(=O)N4CC[C@@H](c5ccccc5C(F)(F)F)C4)c3C3CC3)CC2)CC1. The minimum absolute atomic E-state index is 0.0135.